The predicted octanol–water partition coefficient (Wildman–Crippen LogP) is 4.41. The van der Waals surface area contributed by atoms with Gasteiger partial charge in [-0.15, -0.1) is 0 Å². The molecular weight excluding hydrogens is 232 g/mol. The van der Waals surface area contributed by atoms with Crippen LogP contribution in [0.2, 0.25) is 0 Å². The summed E-state index contributed by atoms with van der Waals surface area (Å²) in [5, 5.41) is 0. The van der Waals surface area contributed by atoms with Crippen molar-refractivity contribution in [3.05, 3.63) is 35.9 Å². The average molecular weight is 252 g/mol. The SMILES string of the molecule is SCC1(CSCc2ccccc2)CCCC1. The molecule has 1 aliphatic rings. The van der Waals surface area contributed by atoms with Crippen molar-refractivity contribution < 1.29 is 0 Å². The third-order valence-electron chi connectivity index (χ3n) is 3.52. The zero-order valence-electron chi connectivity index (χ0n) is 9.69. The largest absolute Gasteiger partial charge is 0.179 e. The number of thioether (sulfide) groups is 1. The van der Waals surface area contributed by atoms with Crippen molar-refractivity contribution >= 4 is 24.4 Å². The van der Waals surface area contributed by atoms with Crippen LogP contribution < -0.4 is 0 Å². The molecule has 0 radical (unpaired) electrons. The molecule has 1 aromatic carbocycles. The molecule has 0 amide bonds. The number of benzene rings is 1. The van der Waals surface area contributed by atoms with E-state index in [0.717, 1.165) is 11.5 Å². The van der Waals surface area contributed by atoms with Gasteiger partial charge < -0.3 is 0 Å². The summed E-state index contributed by atoms with van der Waals surface area (Å²) < 4.78 is 0. The fourth-order valence-corrected chi connectivity index (χ4v) is 4.37. The monoisotopic (exact) mass is 252 g/mol. The van der Waals surface area contributed by atoms with Gasteiger partial charge in [-0.2, -0.15) is 24.4 Å². The first-order valence-electron chi connectivity index (χ1n) is 6.07. The molecular formula is C14H20S2. The van der Waals surface area contributed by atoms with Crippen molar-refractivity contribution in [1.29, 1.82) is 0 Å². The molecule has 0 saturated heterocycles. The molecule has 1 aliphatic carbocycles. The first-order chi connectivity index (χ1) is 7.85. The molecule has 1 aromatic rings. The van der Waals surface area contributed by atoms with Crippen molar-refractivity contribution in [2.75, 3.05) is 11.5 Å². The van der Waals surface area contributed by atoms with Gasteiger partial charge in [0.15, 0.2) is 0 Å². The summed E-state index contributed by atoms with van der Waals surface area (Å²) in [6.45, 7) is 0. The Hall–Kier alpha value is -0.0800. The topological polar surface area (TPSA) is 0 Å². The van der Waals surface area contributed by atoms with Crippen LogP contribution in [0.25, 0.3) is 0 Å². The first kappa shape index (κ1) is 12.4. The van der Waals surface area contributed by atoms with Crippen molar-refractivity contribution in [3.63, 3.8) is 0 Å². The second-order valence-corrected chi connectivity index (χ2v) is 6.15. The van der Waals surface area contributed by atoms with Crippen LogP contribution in [0, 0.1) is 5.41 Å². The minimum absolute atomic E-state index is 0.544. The lowest BCUT2D eigenvalue weighted by Crippen LogP contribution is -2.21. The van der Waals surface area contributed by atoms with E-state index in [-0.39, 0.29) is 0 Å². The summed E-state index contributed by atoms with van der Waals surface area (Å²) in [6, 6.07) is 10.8. The summed E-state index contributed by atoms with van der Waals surface area (Å²) >= 11 is 6.63. The minimum Gasteiger partial charge on any atom is -0.179 e. The van der Waals surface area contributed by atoms with E-state index >= 15 is 0 Å². The van der Waals surface area contributed by atoms with Gasteiger partial charge in [-0.05, 0) is 29.6 Å². The highest BCUT2D eigenvalue weighted by atomic mass is 32.2. The third kappa shape index (κ3) is 3.21. The van der Waals surface area contributed by atoms with Crippen LogP contribution >= 0.6 is 24.4 Å². The minimum atomic E-state index is 0.544. The van der Waals surface area contributed by atoms with Gasteiger partial charge in [-0.1, -0.05) is 43.2 Å². The van der Waals surface area contributed by atoms with Crippen molar-refractivity contribution in [2.24, 2.45) is 5.41 Å². The van der Waals surface area contributed by atoms with Crippen molar-refractivity contribution in [2.45, 2.75) is 31.4 Å². The number of hydrogen-bond donors (Lipinski definition) is 1. The van der Waals surface area contributed by atoms with Gasteiger partial charge in [0.2, 0.25) is 0 Å². The Labute approximate surface area is 109 Å². The summed E-state index contributed by atoms with van der Waals surface area (Å²) in [5.41, 5.74) is 1.99. The first-order valence-corrected chi connectivity index (χ1v) is 7.86. The molecule has 88 valence electrons. The quantitative estimate of drug-likeness (QED) is 0.757. The Morgan fingerprint density at radius 3 is 2.44 bits per heavy atom. The maximum atomic E-state index is 4.55. The molecule has 16 heavy (non-hydrogen) atoms. The summed E-state index contributed by atoms with van der Waals surface area (Å²) in [5.74, 6) is 3.50. The highest BCUT2D eigenvalue weighted by Gasteiger charge is 2.31. The molecule has 0 aromatic heterocycles. The third-order valence-corrected chi connectivity index (χ3v) is 5.54. The molecule has 2 rings (SSSR count). The summed E-state index contributed by atoms with van der Waals surface area (Å²) in [7, 11) is 0. The van der Waals surface area contributed by atoms with Crippen molar-refractivity contribution in [3.8, 4) is 0 Å². The molecule has 1 saturated carbocycles. The Morgan fingerprint density at radius 2 is 1.81 bits per heavy atom. The van der Waals surface area contributed by atoms with Crippen LogP contribution in [0.5, 0.6) is 0 Å². The normalized spacial score (nSPS) is 18.8. The Morgan fingerprint density at radius 1 is 1.12 bits per heavy atom. The fourth-order valence-electron chi connectivity index (χ4n) is 2.43. The second kappa shape index (κ2) is 6.02. The molecule has 0 N–H and O–H groups in total. The van der Waals surface area contributed by atoms with Gasteiger partial charge in [-0.3, -0.25) is 0 Å². The van der Waals surface area contributed by atoms with E-state index in [1.165, 1.54) is 37.0 Å². The lowest BCUT2D eigenvalue weighted by molar-refractivity contribution is 0.403. The maximum absolute atomic E-state index is 4.55. The molecule has 1 fully saturated rings. The van der Waals surface area contributed by atoms with Gasteiger partial charge in [0.25, 0.3) is 0 Å². The van der Waals surface area contributed by atoms with Crippen molar-refractivity contribution in [1.82, 2.24) is 0 Å². The number of thiol groups is 1. The second-order valence-electron chi connectivity index (χ2n) is 4.84. The Kier molecular flexibility index (Phi) is 4.66. The molecule has 0 unspecified atom stereocenters. The summed E-state index contributed by atoms with van der Waals surface area (Å²) in [4.78, 5) is 0. The standard InChI is InChI=1S/C14H20S2/c15-11-14(8-4-5-9-14)12-16-10-13-6-2-1-3-7-13/h1-3,6-7,15H,4-5,8-12H2. The molecule has 0 atom stereocenters. The molecule has 0 aliphatic heterocycles. The van der Waals surface area contributed by atoms with E-state index in [2.05, 4.69) is 54.7 Å². The van der Waals surface area contributed by atoms with Gasteiger partial charge >= 0.3 is 0 Å². The van der Waals surface area contributed by atoms with Crippen LogP contribution in [-0.2, 0) is 5.75 Å². The lowest BCUT2D eigenvalue weighted by atomic mass is 9.91. The van der Waals surface area contributed by atoms with Gasteiger partial charge in [0, 0.05) is 11.5 Å². The van der Waals surface area contributed by atoms with E-state index in [9.17, 15) is 0 Å². The zero-order valence-corrected chi connectivity index (χ0v) is 11.4. The highest BCUT2D eigenvalue weighted by Crippen LogP contribution is 2.41. The van der Waals surface area contributed by atoms with Gasteiger partial charge in [0.1, 0.15) is 0 Å². The predicted molar refractivity (Wildman–Crippen MR) is 77.4 cm³/mol. The number of hydrogen-bond acceptors (Lipinski definition) is 2. The van der Waals surface area contributed by atoms with E-state index < -0.39 is 0 Å². The molecule has 0 nitrogen and oxygen atoms in total. The van der Waals surface area contributed by atoms with Crippen LogP contribution in [0.4, 0.5) is 0 Å². The van der Waals surface area contributed by atoms with Crippen LogP contribution in [0.15, 0.2) is 30.3 Å². The van der Waals surface area contributed by atoms with Gasteiger partial charge in [-0.25, -0.2) is 0 Å². The van der Waals surface area contributed by atoms with Crippen LogP contribution in [0.3, 0.4) is 0 Å². The van der Waals surface area contributed by atoms with E-state index in [0.29, 0.717) is 5.41 Å². The van der Waals surface area contributed by atoms with E-state index in [4.69, 9.17) is 0 Å². The molecule has 0 heterocycles. The molecule has 2 heteroatoms. The highest BCUT2D eigenvalue weighted by molar-refractivity contribution is 7.98. The Bertz CT molecular complexity index is 302. The van der Waals surface area contributed by atoms with Crippen LogP contribution in [0.1, 0.15) is 31.2 Å². The fraction of sp³-hybridized carbons (Fsp3) is 0.571. The van der Waals surface area contributed by atoms with E-state index in [1.807, 2.05) is 0 Å². The average Bonchev–Trinajstić information content (AvgIpc) is 2.80. The zero-order chi connectivity index (χ0) is 11.3. The molecule has 0 bridgehead atoms. The maximum Gasteiger partial charge on any atom is 0.0184 e. The lowest BCUT2D eigenvalue weighted by Gasteiger charge is -2.26. The van der Waals surface area contributed by atoms with Crippen LogP contribution in [-0.4, -0.2) is 11.5 Å². The van der Waals surface area contributed by atoms with Gasteiger partial charge in [0.05, 0.1) is 0 Å². The molecule has 0 spiro atoms. The smallest absolute Gasteiger partial charge is 0.0184 e. The number of rotatable bonds is 5. The summed E-state index contributed by atoms with van der Waals surface area (Å²) in [6.07, 6.45) is 5.59. The Balaban J connectivity index is 1.79. The van der Waals surface area contributed by atoms with E-state index in [1.54, 1.807) is 0 Å².